The SMILES string of the molecule is O=C(O)c1cnn(-c2ncc(Br)cn2)c1. The molecule has 1 N–H and O–H groups in total. The first-order valence-corrected chi connectivity index (χ1v) is 4.72. The second-order valence-corrected chi connectivity index (χ2v) is 3.60. The van der Waals surface area contributed by atoms with Gasteiger partial charge in [0.1, 0.15) is 0 Å². The first-order valence-electron chi connectivity index (χ1n) is 3.93. The van der Waals surface area contributed by atoms with Crippen LogP contribution in [0, 0.1) is 0 Å². The van der Waals surface area contributed by atoms with Crippen LogP contribution in [0.3, 0.4) is 0 Å². The van der Waals surface area contributed by atoms with Gasteiger partial charge in [0.25, 0.3) is 5.95 Å². The van der Waals surface area contributed by atoms with E-state index in [-0.39, 0.29) is 5.56 Å². The number of halogens is 1. The summed E-state index contributed by atoms with van der Waals surface area (Å²) in [6.45, 7) is 0. The summed E-state index contributed by atoms with van der Waals surface area (Å²) in [5.41, 5.74) is 0.0986. The topological polar surface area (TPSA) is 80.9 Å². The maximum Gasteiger partial charge on any atom is 0.338 e. The number of aromatic carboxylic acids is 1. The fraction of sp³-hybridized carbons (Fsp3) is 0. The Morgan fingerprint density at radius 3 is 2.53 bits per heavy atom. The first-order chi connectivity index (χ1) is 7.16. The zero-order valence-corrected chi connectivity index (χ0v) is 8.92. The van der Waals surface area contributed by atoms with Crippen molar-refractivity contribution in [1.29, 1.82) is 0 Å². The van der Waals surface area contributed by atoms with Gasteiger partial charge >= 0.3 is 5.97 Å². The molecule has 0 fully saturated rings. The first kappa shape index (κ1) is 9.78. The van der Waals surface area contributed by atoms with Crippen molar-refractivity contribution < 1.29 is 9.90 Å². The quantitative estimate of drug-likeness (QED) is 0.883. The molecule has 2 aromatic heterocycles. The number of carbonyl (C=O) groups is 1. The normalized spacial score (nSPS) is 10.2. The third-order valence-electron chi connectivity index (χ3n) is 1.64. The van der Waals surface area contributed by atoms with Gasteiger partial charge in [-0.1, -0.05) is 0 Å². The smallest absolute Gasteiger partial charge is 0.338 e. The molecule has 0 radical (unpaired) electrons. The molecule has 0 saturated heterocycles. The number of aromatic nitrogens is 4. The van der Waals surface area contributed by atoms with Gasteiger partial charge in [-0.25, -0.2) is 19.4 Å². The van der Waals surface area contributed by atoms with E-state index in [1.165, 1.54) is 17.1 Å². The molecule has 0 unspecified atom stereocenters. The number of carboxylic acids is 1. The van der Waals surface area contributed by atoms with Crippen molar-refractivity contribution in [2.75, 3.05) is 0 Å². The summed E-state index contributed by atoms with van der Waals surface area (Å²) in [6, 6.07) is 0. The highest BCUT2D eigenvalue weighted by Gasteiger charge is 2.08. The molecular formula is C8H5BrN4O2. The van der Waals surface area contributed by atoms with E-state index in [2.05, 4.69) is 31.0 Å². The number of hydrogen-bond acceptors (Lipinski definition) is 4. The van der Waals surface area contributed by atoms with Gasteiger partial charge in [-0.2, -0.15) is 5.10 Å². The maximum atomic E-state index is 10.6. The lowest BCUT2D eigenvalue weighted by Gasteiger charge is -1.97. The van der Waals surface area contributed by atoms with Crippen LogP contribution < -0.4 is 0 Å². The Hall–Kier alpha value is -1.76. The van der Waals surface area contributed by atoms with Gasteiger partial charge in [0.05, 0.1) is 16.2 Å². The average molecular weight is 269 g/mol. The molecule has 6 nitrogen and oxygen atoms in total. The summed E-state index contributed by atoms with van der Waals surface area (Å²) >= 11 is 3.20. The van der Waals surface area contributed by atoms with Crippen LogP contribution in [0.4, 0.5) is 0 Å². The number of nitrogens with zero attached hydrogens (tertiary/aromatic N) is 4. The molecule has 0 saturated carbocycles. The molecule has 0 aromatic carbocycles. The van der Waals surface area contributed by atoms with E-state index < -0.39 is 5.97 Å². The van der Waals surface area contributed by atoms with E-state index in [1.54, 1.807) is 12.4 Å². The van der Waals surface area contributed by atoms with Crippen molar-refractivity contribution >= 4 is 21.9 Å². The van der Waals surface area contributed by atoms with Crippen molar-refractivity contribution in [3.63, 3.8) is 0 Å². The maximum absolute atomic E-state index is 10.6. The molecule has 2 heterocycles. The lowest BCUT2D eigenvalue weighted by atomic mass is 10.4. The molecule has 15 heavy (non-hydrogen) atoms. The molecule has 7 heteroatoms. The van der Waals surface area contributed by atoms with E-state index in [9.17, 15) is 4.79 Å². The Labute approximate surface area is 92.7 Å². The number of carboxylic acid groups (broad SMARTS) is 1. The van der Waals surface area contributed by atoms with Crippen LogP contribution in [0.2, 0.25) is 0 Å². The molecule has 2 aromatic rings. The van der Waals surface area contributed by atoms with Gasteiger partial charge < -0.3 is 5.11 Å². The molecule has 2 rings (SSSR count). The van der Waals surface area contributed by atoms with Gasteiger partial charge in [0.15, 0.2) is 0 Å². The monoisotopic (exact) mass is 268 g/mol. The third-order valence-corrected chi connectivity index (χ3v) is 2.05. The molecule has 76 valence electrons. The largest absolute Gasteiger partial charge is 0.478 e. The van der Waals surface area contributed by atoms with E-state index in [1.807, 2.05) is 0 Å². The van der Waals surface area contributed by atoms with Crippen molar-refractivity contribution in [2.24, 2.45) is 0 Å². The van der Waals surface area contributed by atoms with E-state index in [0.717, 1.165) is 4.47 Å². The Balaban J connectivity index is 2.37. The van der Waals surface area contributed by atoms with Gasteiger partial charge in [-0.15, -0.1) is 0 Å². The molecule has 0 aliphatic heterocycles. The fourth-order valence-electron chi connectivity index (χ4n) is 0.966. The summed E-state index contributed by atoms with van der Waals surface area (Å²) in [6.07, 6.45) is 5.72. The minimum absolute atomic E-state index is 0.0986. The van der Waals surface area contributed by atoms with Gasteiger partial charge in [-0.05, 0) is 15.9 Å². The number of rotatable bonds is 2. The summed E-state index contributed by atoms with van der Waals surface area (Å²) in [7, 11) is 0. The van der Waals surface area contributed by atoms with E-state index in [4.69, 9.17) is 5.11 Å². The predicted molar refractivity (Wildman–Crippen MR) is 53.8 cm³/mol. The van der Waals surface area contributed by atoms with Gasteiger partial charge in [0, 0.05) is 18.6 Å². The van der Waals surface area contributed by atoms with Crippen LogP contribution >= 0.6 is 15.9 Å². The molecule has 0 aliphatic rings. The zero-order valence-electron chi connectivity index (χ0n) is 7.33. The highest BCUT2D eigenvalue weighted by atomic mass is 79.9. The summed E-state index contributed by atoms with van der Waals surface area (Å²) in [5, 5.41) is 12.5. The van der Waals surface area contributed by atoms with Gasteiger partial charge in [-0.3, -0.25) is 0 Å². The van der Waals surface area contributed by atoms with Crippen molar-refractivity contribution in [3.8, 4) is 5.95 Å². The van der Waals surface area contributed by atoms with Crippen LogP contribution in [0.15, 0.2) is 29.3 Å². The highest BCUT2D eigenvalue weighted by Crippen LogP contribution is 2.07. The molecule has 0 aliphatic carbocycles. The highest BCUT2D eigenvalue weighted by molar-refractivity contribution is 9.10. The predicted octanol–water partition coefficient (Wildman–Crippen LogP) is 1.12. The molecule has 0 spiro atoms. The van der Waals surface area contributed by atoms with Crippen LogP contribution in [-0.2, 0) is 0 Å². The van der Waals surface area contributed by atoms with Crippen molar-refractivity contribution in [3.05, 3.63) is 34.8 Å². The lowest BCUT2D eigenvalue weighted by molar-refractivity contribution is 0.0697. The van der Waals surface area contributed by atoms with Crippen molar-refractivity contribution in [2.45, 2.75) is 0 Å². The van der Waals surface area contributed by atoms with E-state index >= 15 is 0 Å². The Morgan fingerprint density at radius 2 is 2.00 bits per heavy atom. The molecular weight excluding hydrogens is 264 g/mol. The summed E-state index contributed by atoms with van der Waals surface area (Å²) in [5.74, 6) is -0.705. The second-order valence-electron chi connectivity index (χ2n) is 2.68. The minimum Gasteiger partial charge on any atom is -0.478 e. The lowest BCUT2D eigenvalue weighted by Crippen LogP contribution is -2.00. The zero-order chi connectivity index (χ0) is 10.8. The van der Waals surface area contributed by atoms with Gasteiger partial charge in [0.2, 0.25) is 0 Å². The molecule has 0 amide bonds. The Bertz CT molecular complexity index is 494. The van der Waals surface area contributed by atoms with Crippen LogP contribution in [0.25, 0.3) is 5.95 Å². The van der Waals surface area contributed by atoms with Crippen LogP contribution in [-0.4, -0.2) is 30.8 Å². The second kappa shape index (κ2) is 3.77. The fourth-order valence-corrected chi connectivity index (χ4v) is 1.17. The third kappa shape index (κ3) is 2.01. The molecule has 0 bridgehead atoms. The summed E-state index contributed by atoms with van der Waals surface area (Å²) < 4.78 is 2.05. The van der Waals surface area contributed by atoms with Crippen molar-refractivity contribution in [1.82, 2.24) is 19.7 Å². The van der Waals surface area contributed by atoms with Crippen LogP contribution in [0.5, 0.6) is 0 Å². The number of hydrogen-bond donors (Lipinski definition) is 1. The minimum atomic E-state index is -1.03. The van der Waals surface area contributed by atoms with E-state index in [0.29, 0.717) is 5.95 Å². The van der Waals surface area contributed by atoms with Crippen LogP contribution in [0.1, 0.15) is 10.4 Å². The Morgan fingerprint density at radius 1 is 1.33 bits per heavy atom. The Kier molecular flexibility index (Phi) is 2.46. The molecule has 0 atom stereocenters. The average Bonchev–Trinajstić information content (AvgIpc) is 2.68. The standard InChI is InChI=1S/C8H5BrN4O2/c9-6-2-10-8(11-3-6)13-4-5(1-12-13)7(14)15/h1-4H,(H,14,15). The summed E-state index contributed by atoms with van der Waals surface area (Å²) in [4.78, 5) is 18.5.